The molecule has 2 amide bonds. The molecule has 2 aromatic rings. The Hall–Kier alpha value is -3.26. The van der Waals surface area contributed by atoms with Crippen molar-refractivity contribution in [2.75, 3.05) is 31.6 Å². The molecule has 0 radical (unpaired) electrons. The summed E-state index contributed by atoms with van der Waals surface area (Å²) in [5, 5.41) is 13.0. The SMILES string of the molecule is CC.Cc1cc2c(N(C(=O)OC(C)(C)C)C3C4CC3N(C(=O)OC(C)(C)C)C4)c([N+](=O)[O-])c(OCC3CCCN3C)nc2c(F)c1Br. The molecule has 3 saturated heterocycles. The van der Waals surface area contributed by atoms with Crippen LogP contribution in [-0.4, -0.2) is 88.0 Å². The van der Waals surface area contributed by atoms with Crippen molar-refractivity contribution in [3.8, 4) is 5.88 Å². The van der Waals surface area contributed by atoms with Gasteiger partial charge >= 0.3 is 17.9 Å². The molecule has 12 nitrogen and oxygen atoms in total. The first-order valence-corrected chi connectivity index (χ1v) is 17.0. The average molecular weight is 725 g/mol. The van der Waals surface area contributed by atoms with Gasteiger partial charge in [-0.3, -0.25) is 15.0 Å². The molecule has 47 heavy (non-hydrogen) atoms. The van der Waals surface area contributed by atoms with Gasteiger partial charge in [0.1, 0.15) is 29.0 Å². The van der Waals surface area contributed by atoms with Crippen molar-refractivity contribution in [2.45, 2.75) is 111 Å². The number of aryl methyl sites for hydroxylation is 1. The summed E-state index contributed by atoms with van der Waals surface area (Å²) in [7, 11) is 1.95. The van der Waals surface area contributed by atoms with Crippen molar-refractivity contribution in [1.29, 1.82) is 0 Å². The largest absolute Gasteiger partial charge is 0.471 e. The van der Waals surface area contributed by atoms with E-state index in [-0.39, 0.29) is 52.1 Å². The Morgan fingerprint density at radius 3 is 2.36 bits per heavy atom. The van der Waals surface area contributed by atoms with Crippen LogP contribution in [0.5, 0.6) is 5.88 Å². The highest BCUT2D eigenvalue weighted by atomic mass is 79.9. The number of nitrogens with zero attached hydrogens (tertiary/aromatic N) is 5. The standard InChI is InChI=1S/C31H41BrFN5O7.C2H6/c1-16-12-19-23(22(33)21(16)32)34-27(43-15-18-10-9-11-35(18)8)26(38(41)42)25(19)37(29(40)45-31(5,6)7)24-17-13-20(24)36(14-17)28(39)44-30(2,3)4;1-2/h12,17-18,20,24H,9-11,13-15H2,1-8H3;1-2H3. The highest BCUT2D eigenvalue weighted by Gasteiger charge is 2.60. The molecule has 4 atom stereocenters. The van der Waals surface area contributed by atoms with E-state index in [0.29, 0.717) is 12.0 Å². The third-order valence-corrected chi connectivity index (χ3v) is 9.51. The first kappa shape index (κ1) is 36.6. The van der Waals surface area contributed by atoms with Crippen LogP contribution >= 0.6 is 15.9 Å². The van der Waals surface area contributed by atoms with Crippen molar-refractivity contribution in [2.24, 2.45) is 5.92 Å². The number of carbonyl (C=O) groups is 2. The topological polar surface area (TPSA) is 128 Å². The van der Waals surface area contributed by atoms with Crippen LogP contribution < -0.4 is 9.64 Å². The maximum atomic E-state index is 15.9. The average Bonchev–Trinajstić information content (AvgIpc) is 3.68. The number of anilines is 1. The number of nitro groups is 1. The summed E-state index contributed by atoms with van der Waals surface area (Å²) in [4.78, 5) is 48.9. The summed E-state index contributed by atoms with van der Waals surface area (Å²) in [6.45, 7) is 17.3. The zero-order valence-corrected chi connectivity index (χ0v) is 30.6. The second-order valence-electron chi connectivity index (χ2n) is 14.2. The molecule has 1 aliphatic carbocycles. The second-order valence-corrected chi connectivity index (χ2v) is 15.0. The minimum absolute atomic E-state index is 0.00743. The fourth-order valence-corrected chi connectivity index (χ4v) is 6.77. The number of hydrogen-bond acceptors (Lipinski definition) is 9. The van der Waals surface area contributed by atoms with E-state index < -0.39 is 51.9 Å². The number of fused-ring (bicyclic) bond motifs is 2. The highest BCUT2D eigenvalue weighted by Crippen LogP contribution is 2.51. The Kier molecular flexibility index (Phi) is 10.7. The number of halogens is 2. The van der Waals surface area contributed by atoms with Gasteiger partial charge in [-0.25, -0.2) is 19.0 Å². The number of hydrogen-bond donors (Lipinski definition) is 0. The predicted molar refractivity (Wildman–Crippen MR) is 181 cm³/mol. The molecule has 2 bridgehead atoms. The lowest BCUT2D eigenvalue weighted by Gasteiger charge is -2.44. The van der Waals surface area contributed by atoms with E-state index in [2.05, 4.69) is 25.8 Å². The van der Waals surface area contributed by atoms with Crippen molar-refractivity contribution in [3.63, 3.8) is 0 Å². The van der Waals surface area contributed by atoms with Gasteiger partial charge in [-0.05, 0) is 109 Å². The molecule has 1 aromatic carbocycles. The third kappa shape index (κ3) is 7.43. The number of aromatic nitrogens is 1. The fraction of sp³-hybridized carbons (Fsp3) is 0.667. The quantitative estimate of drug-likeness (QED) is 0.219. The first-order chi connectivity index (χ1) is 21.9. The number of likely N-dealkylation sites (tertiary alicyclic amines) is 1. The summed E-state index contributed by atoms with van der Waals surface area (Å²) in [5.74, 6) is -1.35. The lowest BCUT2D eigenvalue weighted by atomic mass is 9.78. The molecule has 4 heterocycles. The smallest absolute Gasteiger partial charge is 0.415 e. The maximum absolute atomic E-state index is 15.9. The molecule has 1 saturated carbocycles. The van der Waals surface area contributed by atoms with Gasteiger partial charge in [0.2, 0.25) is 0 Å². The molecule has 4 aliphatic rings. The molecule has 260 valence electrons. The van der Waals surface area contributed by atoms with Gasteiger partial charge in [0.05, 0.1) is 21.5 Å². The molecule has 0 N–H and O–H groups in total. The number of ether oxygens (including phenoxy) is 3. The van der Waals surface area contributed by atoms with Crippen LogP contribution in [0, 0.1) is 28.8 Å². The van der Waals surface area contributed by atoms with Crippen molar-refractivity contribution >= 4 is 50.4 Å². The van der Waals surface area contributed by atoms with Gasteiger partial charge in [-0.1, -0.05) is 13.8 Å². The summed E-state index contributed by atoms with van der Waals surface area (Å²) < 4.78 is 33.6. The van der Waals surface area contributed by atoms with Gasteiger partial charge in [0.25, 0.3) is 5.88 Å². The number of benzene rings is 1. The van der Waals surface area contributed by atoms with Crippen LogP contribution in [0.4, 0.5) is 25.4 Å². The van der Waals surface area contributed by atoms with E-state index in [0.717, 1.165) is 19.4 Å². The number of amides is 2. The van der Waals surface area contributed by atoms with E-state index >= 15 is 4.39 Å². The molecule has 4 unspecified atom stereocenters. The van der Waals surface area contributed by atoms with Crippen molar-refractivity contribution in [3.05, 3.63) is 32.0 Å². The van der Waals surface area contributed by atoms with Crippen molar-refractivity contribution in [1.82, 2.24) is 14.8 Å². The molecule has 14 heteroatoms. The summed E-state index contributed by atoms with van der Waals surface area (Å²) >= 11 is 3.27. The Balaban J connectivity index is 0.00000245. The van der Waals surface area contributed by atoms with Gasteiger partial charge in [-0.2, -0.15) is 0 Å². The molecular weight excluding hydrogens is 677 g/mol. The van der Waals surface area contributed by atoms with E-state index in [1.165, 1.54) is 4.90 Å². The number of pyridine rings is 1. The lowest BCUT2D eigenvalue weighted by Crippen LogP contribution is -2.58. The first-order valence-electron chi connectivity index (χ1n) is 16.2. The van der Waals surface area contributed by atoms with E-state index in [1.54, 1.807) is 59.4 Å². The lowest BCUT2D eigenvalue weighted by molar-refractivity contribution is -0.385. The zero-order chi connectivity index (χ0) is 35.2. The van der Waals surface area contributed by atoms with Crippen LogP contribution in [0.15, 0.2) is 10.5 Å². The number of rotatable bonds is 6. The monoisotopic (exact) mass is 723 g/mol. The Bertz CT molecular complexity index is 1540. The highest BCUT2D eigenvalue weighted by molar-refractivity contribution is 9.10. The minimum atomic E-state index is -0.961. The third-order valence-electron chi connectivity index (χ3n) is 8.53. The zero-order valence-electron chi connectivity index (χ0n) is 29.0. The molecule has 4 fully saturated rings. The van der Waals surface area contributed by atoms with E-state index in [1.807, 2.05) is 20.9 Å². The Morgan fingerprint density at radius 2 is 1.81 bits per heavy atom. The summed E-state index contributed by atoms with van der Waals surface area (Å²) in [5.41, 5.74) is -2.18. The molecule has 1 aromatic heterocycles. The van der Waals surface area contributed by atoms with Crippen LogP contribution in [-0.2, 0) is 9.47 Å². The second kappa shape index (κ2) is 13.7. The summed E-state index contributed by atoms with van der Waals surface area (Å²) in [6, 6.07) is 0.359. The van der Waals surface area contributed by atoms with E-state index in [9.17, 15) is 19.7 Å². The Labute approximate surface area is 284 Å². The van der Waals surface area contributed by atoms with Crippen molar-refractivity contribution < 1.29 is 33.1 Å². The number of likely N-dealkylation sites (N-methyl/N-ethyl adjacent to an activating group) is 1. The molecule has 0 spiro atoms. The normalized spacial score (nSPS) is 22.3. The van der Waals surface area contributed by atoms with Gasteiger partial charge in [0, 0.05) is 23.9 Å². The Morgan fingerprint density at radius 1 is 1.17 bits per heavy atom. The van der Waals surface area contributed by atoms with Crippen LogP contribution in [0.1, 0.15) is 80.2 Å². The maximum Gasteiger partial charge on any atom is 0.415 e. The minimum Gasteiger partial charge on any atom is -0.471 e. The van der Waals surface area contributed by atoms with Gasteiger partial charge in [0.15, 0.2) is 5.82 Å². The fourth-order valence-electron chi connectivity index (χ4n) is 6.47. The van der Waals surface area contributed by atoms with Gasteiger partial charge < -0.3 is 24.0 Å². The summed E-state index contributed by atoms with van der Waals surface area (Å²) in [6.07, 6.45) is 0.961. The van der Waals surface area contributed by atoms with Crippen LogP contribution in [0.3, 0.4) is 0 Å². The molecule has 6 rings (SSSR count). The van der Waals surface area contributed by atoms with E-state index in [4.69, 9.17) is 14.2 Å². The molecular formula is C33H47BrFN5O7. The number of carbonyl (C=O) groups excluding carboxylic acids is 2. The van der Waals surface area contributed by atoms with Crippen LogP contribution in [0.25, 0.3) is 10.9 Å². The predicted octanol–water partition coefficient (Wildman–Crippen LogP) is 7.60. The van der Waals surface area contributed by atoms with Crippen LogP contribution in [0.2, 0.25) is 0 Å². The van der Waals surface area contributed by atoms with Gasteiger partial charge in [-0.15, -0.1) is 0 Å². The molecule has 3 aliphatic heterocycles.